The van der Waals surface area contributed by atoms with Gasteiger partial charge in [0.2, 0.25) is 12.7 Å². The van der Waals surface area contributed by atoms with Gasteiger partial charge in [0.05, 0.1) is 5.41 Å². The number of carbonyl (C=O) groups excluding carboxylic acids is 1. The average molecular weight is 376 g/mol. The van der Waals surface area contributed by atoms with Crippen LogP contribution in [0.1, 0.15) is 44.7 Å². The largest absolute Gasteiger partial charge is 0.454 e. The lowest BCUT2D eigenvalue weighted by molar-refractivity contribution is -0.118. The van der Waals surface area contributed by atoms with E-state index in [9.17, 15) is 4.79 Å². The summed E-state index contributed by atoms with van der Waals surface area (Å²) in [6.45, 7) is 6.85. The van der Waals surface area contributed by atoms with E-state index in [1.165, 1.54) is 10.9 Å². The highest BCUT2D eigenvalue weighted by Gasteiger charge is 2.51. The Bertz CT molecular complexity index is 1090. The highest BCUT2D eigenvalue weighted by Crippen LogP contribution is 2.51. The Balaban J connectivity index is 1.41. The summed E-state index contributed by atoms with van der Waals surface area (Å²) in [6, 6.07) is 11.9. The third-order valence-electron chi connectivity index (χ3n) is 5.86. The third-order valence-corrected chi connectivity index (χ3v) is 5.86. The number of anilines is 1. The Morgan fingerprint density at radius 2 is 1.86 bits per heavy atom. The van der Waals surface area contributed by atoms with Crippen molar-refractivity contribution in [1.82, 2.24) is 4.98 Å². The minimum absolute atomic E-state index is 0.0355. The molecule has 1 aliphatic carbocycles. The Hall–Kier alpha value is -2.95. The average Bonchev–Trinajstić information content (AvgIpc) is 3.14. The van der Waals surface area contributed by atoms with E-state index in [1.807, 2.05) is 30.3 Å². The fourth-order valence-corrected chi connectivity index (χ4v) is 4.04. The highest BCUT2D eigenvalue weighted by molar-refractivity contribution is 6.02. The molecule has 144 valence electrons. The minimum atomic E-state index is -0.470. The van der Waals surface area contributed by atoms with Gasteiger partial charge in [-0.2, -0.15) is 0 Å². The molecule has 2 aliphatic rings. The van der Waals surface area contributed by atoms with Gasteiger partial charge < -0.3 is 19.8 Å². The van der Waals surface area contributed by atoms with Gasteiger partial charge in [0, 0.05) is 22.8 Å². The number of amides is 1. The maximum atomic E-state index is 13.1. The van der Waals surface area contributed by atoms with E-state index < -0.39 is 5.41 Å². The van der Waals surface area contributed by atoms with Crippen molar-refractivity contribution in [2.45, 2.75) is 44.4 Å². The number of ether oxygens (including phenoxy) is 2. The van der Waals surface area contributed by atoms with Crippen LogP contribution in [0.25, 0.3) is 10.9 Å². The van der Waals surface area contributed by atoms with Crippen LogP contribution in [-0.4, -0.2) is 17.7 Å². The van der Waals surface area contributed by atoms with Gasteiger partial charge in [-0.25, -0.2) is 0 Å². The molecule has 1 aromatic heterocycles. The summed E-state index contributed by atoms with van der Waals surface area (Å²) < 4.78 is 10.9. The SMILES string of the molecule is CC(C)(C)c1c[nH]c2cc(NC(=O)C3(c4ccc5c(c4)OCO5)CC3)ccc12. The predicted molar refractivity (Wildman–Crippen MR) is 109 cm³/mol. The number of carbonyl (C=O) groups is 1. The van der Waals surface area contributed by atoms with Crippen LogP contribution in [0.5, 0.6) is 11.5 Å². The zero-order chi connectivity index (χ0) is 19.5. The molecule has 0 atom stereocenters. The molecule has 28 heavy (non-hydrogen) atoms. The van der Waals surface area contributed by atoms with E-state index in [0.717, 1.165) is 41.1 Å². The van der Waals surface area contributed by atoms with Gasteiger partial charge in [-0.05, 0) is 53.6 Å². The Kier molecular flexibility index (Phi) is 3.54. The standard InChI is InChI=1S/C23H24N2O3/c1-22(2,3)17-12-24-18-11-15(5-6-16(17)18)25-21(26)23(8-9-23)14-4-7-19-20(10-14)28-13-27-19/h4-7,10-12,24H,8-9,13H2,1-3H3,(H,25,26). The zero-order valence-corrected chi connectivity index (χ0v) is 16.4. The van der Waals surface area contributed by atoms with Crippen LogP contribution in [-0.2, 0) is 15.6 Å². The molecule has 5 heteroatoms. The first-order valence-corrected chi connectivity index (χ1v) is 9.70. The summed E-state index contributed by atoms with van der Waals surface area (Å²) in [7, 11) is 0. The van der Waals surface area contributed by atoms with Crippen molar-refractivity contribution in [3.05, 3.63) is 53.7 Å². The first-order valence-electron chi connectivity index (χ1n) is 9.70. The second kappa shape index (κ2) is 5.77. The summed E-state index contributed by atoms with van der Waals surface area (Å²) >= 11 is 0. The van der Waals surface area contributed by atoms with Crippen molar-refractivity contribution >= 4 is 22.5 Å². The molecule has 1 saturated carbocycles. The van der Waals surface area contributed by atoms with Crippen molar-refractivity contribution in [3.63, 3.8) is 0 Å². The number of rotatable bonds is 3. The van der Waals surface area contributed by atoms with Crippen LogP contribution >= 0.6 is 0 Å². The van der Waals surface area contributed by atoms with Crippen LogP contribution in [0.4, 0.5) is 5.69 Å². The normalized spacial score (nSPS) is 17.0. The van der Waals surface area contributed by atoms with Gasteiger partial charge in [-0.15, -0.1) is 0 Å². The minimum Gasteiger partial charge on any atom is -0.454 e. The quantitative estimate of drug-likeness (QED) is 0.686. The second-order valence-corrected chi connectivity index (χ2v) is 8.82. The van der Waals surface area contributed by atoms with Crippen LogP contribution in [0.15, 0.2) is 42.6 Å². The summed E-state index contributed by atoms with van der Waals surface area (Å²) in [6.07, 6.45) is 3.75. The molecule has 0 spiro atoms. The lowest BCUT2D eigenvalue weighted by Crippen LogP contribution is -2.27. The number of H-pyrrole nitrogens is 1. The molecular formula is C23H24N2O3. The van der Waals surface area contributed by atoms with E-state index in [-0.39, 0.29) is 18.1 Å². The van der Waals surface area contributed by atoms with E-state index in [1.54, 1.807) is 0 Å². The molecule has 1 aliphatic heterocycles. The molecule has 0 bridgehead atoms. The first-order chi connectivity index (χ1) is 13.4. The summed E-state index contributed by atoms with van der Waals surface area (Å²) in [5, 5.41) is 4.32. The maximum Gasteiger partial charge on any atom is 0.235 e. The molecule has 2 N–H and O–H groups in total. The van der Waals surface area contributed by atoms with E-state index in [4.69, 9.17) is 9.47 Å². The molecule has 3 aromatic rings. The van der Waals surface area contributed by atoms with Crippen molar-refractivity contribution in [3.8, 4) is 11.5 Å². The predicted octanol–water partition coefficient (Wildman–Crippen LogP) is 4.86. The second-order valence-electron chi connectivity index (χ2n) is 8.82. The van der Waals surface area contributed by atoms with Crippen LogP contribution in [0, 0.1) is 0 Å². The topological polar surface area (TPSA) is 63.4 Å². The van der Waals surface area contributed by atoms with Crippen molar-refractivity contribution in [1.29, 1.82) is 0 Å². The number of aromatic amines is 1. The molecule has 1 fully saturated rings. The fourth-order valence-electron chi connectivity index (χ4n) is 4.04. The molecule has 5 rings (SSSR count). The fraction of sp³-hybridized carbons (Fsp3) is 0.348. The van der Waals surface area contributed by atoms with E-state index in [0.29, 0.717) is 0 Å². The smallest absolute Gasteiger partial charge is 0.235 e. The number of hydrogen-bond acceptors (Lipinski definition) is 3. The van der Waals surface area contributed by atoms with Gasteiger partial charge in [0.25, 0.3) is 0 Å². The van der Waals surface area contributed by atoms with Gasteiger partial charge in [-0.3, -0.25) is 4.79 Å². The molecule has 0 radical (unpaired) electrons. The van der Waals surface area contributed by atoms with Crippen molar-refractivity contribution < 1.29 is 14.3 Å². The molecule has 2 heterocycles. The molecule has 0 unspecified atom stereocenters. The molecule has 2 aromatic carbocycles. The molecule has 1 amide bonds. The van der Waals surface area contributed by atoms with Crippen LogP contribution < -0.4 is 14.8 Å². The summed E-state index contributed by atoms with van der Waals surface area (Å²) in [5.41, 5.74) is 3.72. The van der Waals surface area contributed by atoms with E-state index >= 15 is 0 Å². The third kappa shape index (κ3) is 2.65. The van der Waals surface area contributed by atoms with Crippen LogP contribution in [0.2, 0.25) is 0 Å². The van der Waals surface area contributed by atoms with Gasteiger partial charge in [0.15, 0.2) is 11.5 Å². The molecular weight excluding hydrogens is 352 g/mol. The van der Waals surface area contributed by atoms with Crippen molar-refractivity contribution in [2.75, 3.05) is 12.1 Å². The van der Waals surface area contributed by atoms with Gasteiger partial charge in [0.1, 0.15) is 0 Å². The van der Waals surface area contributed by atoms with E-state index in [2.05, 4.69) is 43.3 Å². The first kappa shape index (κ1) is 17.2. The number of benzene rings is 2. The number of nitrogens with one attached hydrogen (secondary N) is 2. The van der Waals surface area contributed by atoms with Crippen LogP contribution in [0.3, 0.4) is 0 Å². The maximum absolute atomic E-state index is 13.1. The Labute approximate surface area is 164 Å². The number of hydrogen-bond donors (Lipinski definition) is 2. The molecule has 5 nitrogen and oxygen atoms in total. The zero-order valence-electron chi connectivity index (χ0n) is 16.4. The highest BCUT2D eigenvalue weighted by atomic mass is 16.7. The van der Waals surface area contributed by atoms with Gasteiger partial charge >= 0.3 is 0 Å². The number of fused-ring (bicyclic) bond motifs is 2. The number of aromatic nitrogens is 1. The summed E-state index contributed by atoms with van der Waals surface area (Å²) in [5.74, 6) is 1.50. The monoisotopic (exact) mass is 376 g/mol. The van der Waals surface area contributed by atoms with Gasteiger partial charge in [-0.1, -0.05) is 32.9 Å². The Morgan fingerprint density at radius 1 is 1.07 bits per heavy atom. The molecule has 0 saturated heterocycles. The lowest BCUT2D eigenvalue weighted by Gasteiger charge is -2.18. The summed E-state index contributed by atoms with van der Waals surface area (Å²) in [4.78, 5) is 16.4. The lowest BCUT2D eigenvalue weighted by atomic mass is 9.87. The van der Waals surface area contributed by atoms with Crippen molar-refractivity contribution in [2.24, 2.45) is 0 Å². The Morgan fingerprint density at radius 3 is 2.61 bits per heavy atom.